The predicted molar refractivity (Wildman–Crippen MR) is 102 cm³/mol. The molecule has 1 aliphatic carbocycles. The van der Waals surface area contributed by atoms with Gasteiger partial charge < -0.3 is 14.4 Å². The number of rotatable bonds is 9. The summed E-state index contributed by atoms with van der Waals surface area (Å²) in [5, 5.41) is 0. The Morgan fingerprint density at radius 1 is 1.07 bits per heavy atom. The molecule has 27 heavy (non-hydrogen) atoms. The lowest BCUT2D eigenvalue weighted by molar-refractivity contribution is -0.153. The SMILES string of the molecule is CCN(C(=O)COC(=O)CCOc1ccc(C(C)=O)cc1)C1CCCCC1. The van der Waals surface area contributed by atoms with Gasteiger partial charge in [-0.05, 0) is 51.0 Å². The van der Waals surface area contributed by atoms with Crippen LogP contribution in [0.3, 0.4) is 0 Å². The first-order valence-electron chi connectivity index (χ1n) is 9.70. The zero-order chi connectivity index (χ0) is 19.6. The van der Waals surface area contributed by atoms with E-state index in [1.54, 1.807) is 24.3 Å². The number of esters is 1. The standard InChI is InChI=1S/C21H29NO5/c1-3-22(18-7-5-4-6-8-18)20(24)15-27-21(25)13-14-26-19-11-9-17(10-12-19)16(2)23/h9-12,18H,3-8,13-15H2,1-2H3. The Morgan fingerprint density at radius 3 is 2.33 bits per heavy atom. The highest BCUT2D eigenvalue weighted by molar-refractivity contribution is 5.94. The molecule has 0 spiro atoms. The molecule has 0 aliphatic heterocycles. The molecule has 0 aromatic heterocycles. The van der Waals surface area contributed by atoms with E-state index in [9.17, 15) is 14.4 Å². The highest BCUT2D eigenvalue weighted by atomic mass is 16.5. The number of ketones is 1. The number of hydrogen-bond donors (Lipinski definition) is 0. The summed E-state index contributed by atoms with van der Waals surface area (Å²) in [6, 6.07) is 7.01. The van der Waals surface area contributed by atoms with E-state index in [1.165, 1.54) is 13.3 Å². The molecular weight excluding hydrogens is 346 g/mol. The molecule has 0 heterocycles. The molecule has 0 bridgehead atoms. The van der Waals surface area contributed by atoms with Crippen molar-refractivity contribution in [3.8, 4) is 5.75 Å². The number of ether oxygens (including phenoxy) is 2. The minimum absolute atomic E-state index is 0.0101. The van der Waals surface area contributed by atoms with Gasteiger partial charge in [0.2, 0.25) is 0 Å². The molecule has 0 unspecified atom stereocenters. The second-order valence-electron chi connectivity index (χ2n) is 6.81. The Hall–Kier alpha value is -2.37. The minimum atomic E-state index is -0.455. The van der Waals surface area contributed by atoms with Crippen LogP contribution >= 0.6 is 0 Å². The number of nitrogens with zero attached hydrogens (tertiary/aromatic N) is 1. The van der Waals surface area contributed by atoms with Crippen molar-refractivity contribution in [1.82, 2.24) is 4.90 Å². The molecule has 1 aliphatic rings. The molecule has 1 aromatic rings. The molecule has 6 nitrogen and oxygen atoms in total. The maximum absolute atomic E-state index is 12.4. The third kappa shape index (κ3) is 6.70. The summed E-state index contributed by atoms with van der Waals surface area (Å²) < 4.78 is 10.6. The van der Waals surface area contributed by atoms with Gasteiger partial charge in [-0.15, -0.1) is 0 Å². The van der Waals surface area contributed by atoms with Gasteiger partial charge in [0.05, 0.1) is 13.0 Å². The minimum Gasteiger partial charge on any atom is -0.493 e. The molecule has 1 amide bonds. The van der Waals surface area contributed by atoms with Gasteiger partial charge >= 0.3 is 5.97 Å². The largest absolute Gasteiger partial charge is 0.493 e. The Kier molecular flexibility index (Phi) is 8.30. The Balaban J connectivity index is 1.68. The summed E-state index contributed by atoms with van der Waals surface area (Å²) >= 11 is 0. The maximum atomic E-state index is 12.4. The van der Waals surface area contributed by atoms with Crippen LogP contribution in [0.5, 0.6) is 5.75 Å². The van der Waals surface area contributed by atoms with E-state index in [0.29, 0.717) is 17.9 Å². The van der Waals surface area contributed by atoms with Crippen LogP contribution in [0.2, 0.25) is 0 Å². The fourth-order valence-electron chi connectivity index (χ4n) is 3.37. The van der Waals surface area contributed by atoms with Gasteiger partial charge in [-0.25, -0.2) is 0 Å². The first kappa shape index (κ1) is 20.9. The Morgan fingerprint density at radius 2 is 1.74 bits per heavy atom. The van der Waals surface area contributed by atoms with E-state index in [-0.39, 0.29) is 37.4 Å². The van der Waals surface area contributed by atoms with Gasteiger partial charge in [-0.2, -0.15) is 0 Å². The van der Waals surface area contributed by atoms with E-state index in [1.807, 2.05) is 11.8 Å². The van der Waals surface area contributed by atoms with E-state index in [4.69, 9.17) is 9.47 Å². The number of amides is 1. The van der Waals surface area contributed by atoms with Crippen molar-refractivity contribution in [1.29, 1.82) is 0 Å². The van der Waals surface area contributed by atoms with Crippen LogP contribution in [0.4, 0.5) is 0 Å². The molecule has 0 radical (unpaired) electrons. The van der Waals surface area contributed by atoms with Gasteiger partial charge in [0.15, 0.2) is 12.4 Å². The summed E-state index contributed by atoms with van der Waals surface area (Å²) in [7, 11) is 0. The average Bonchev–Trinajstić information content (AvgIpc) is 2.68. The molecule has 148 valence electrons. The van der Waals surface area contributed by atoms with Crippen molar-refractivity contribution in [2.45, 2.75) is 58.4 Å². The van der Waals surface area contributed by atoms with Gasteiger partial charge in [-0.3, -0.25) is 14.4 Å². The third-order valence-electron chi connectivity index (χ3n) is 4.87. The molecule has 0 saturated heterocycles. The fraction of sp³-hybridized carbons (Fsp3) is 0.571. The van der Waals surface area contributed by atoms with E-state index in [0.717, 1.165) is 25.7 Å². The van der Waals surface area contributed by atoms with Crippen LogP contribution in [0.15, 0.2) is 24.3 Å². The number of Topliss-reactive ketones (excluding diaryl/α,β-unsaturated/α-hetero) is 1. The van der Waals surface area contributed by atoms with Crippen molar-refractivity contribution in [2.24, 2.45) is 0 Å². The van der Waals surface area contributed by atoms with Gasteiger partial charge in [-0.1, -0.05) is 19.3 Å². The lowest BCUT2D eigenvalue weighted by Crippen LogP contribution is -2.43. The smallest absolute Gasteiger partial charge is 0.309 e. The van der Waals surface area contributed by atoms with E-state index >= 15 is 0 Å². The van der Waals surface area contributed by atoms with Crippen LogP contribution in [0.25, 0.3) is 0 Å². The van der Waals surface area contributed by atoms with Gasteiger partial charge in [0.25, 0.3) is 5.91 Å². The van der Waals surface area contributed by atoms with E-state index in [2.05, 4.69) is 0 Å². The summed E-state index contributed by atoms with van der Waals surface area (Å²) in [6.07, 6.45) is 5.66. The summed E-state index contributed by atoms with van der Waals surface area (Å²) in [6.45, 7) is 4.05. The Bertz CT molecular complexity index is 634. The molecule has 2 rings (SSSR count). The number of carbonyl (C=O) groups excluding carboxylic acids is 3. The molecule has 0 atom stereocenters. The first-order chi connectivity index (χ1) is 13.0. The molecular formula is C21H29NO5. The van der Waals surface area contributed by atoms with Gasteiger partial charge in [0.1, 0.15) is 5.75 Å². The lowest BCUT2D eigenvalue weighted by atomic mass is 9.94. The summed E-state index contributed by atoms with van der Waals surface area (Å²) in [5.74, 6) is -0.00984. The molecule has 1 saturated carbocycles. The highest BCUT2D eigenvalue weighted by Crippen LogP contribution is 2.22. The number of carbonyl (C=O) groups is 3. The first-order valence-corrected chi connectivity index (χ1v) is 9.70. The van der Waals surface area contributed by atoms with Crippen LogP contribution in [-0.4, -0.2) is 48.4 Å². The van der Waals surface area contributed by atoms with Crippen LogP contribution in [0, 0.1) is 0 Å². The monoisotopic (exact) mass is 375 g/mol. The van der Waals surface area contributed by atoms with Crippen molar-refractivity contribution >= 4 is 17.7 Å². The number of benzene rings is 1. The fourth-order valence-corrected chi connectivity index (χ4v) is 3.37. The second kappa shape index (κ2) is 10.7. The van der Waals surface area contributed by atoms with Gasteiger partial charge in [0, 0.05) is 18.2 Å². The van der Waals surface area contributed by atoms with Crippen molar-refractivity contribution < 1.29 is 23.9 Å². The molecule has 1 aromatic carbocycles. The van der Waals surface area contributed by atoms with Crippen molar-refractivity contribution in [2.75, 3.05) is 19.8 Å². The van der Waals surface area contributed by atoms with Crippen molar-refractivity contribution in [3.63, 3.8) is 0 Å². The normalized spacial score (nSPS) is 14.4. The van der Waals surface area contributed by atoms with Crippen molar-refractivity contribution in [3.05, 3.63) is 29.8 Å². The second-order valence-corrected chi connectivity index (χ2v) is 6.81. The summed E-state index contributed by atoms with van der Waals surface area (Å²) in [5.41, 5.74) is 0.610. The molecule has 6 heteroatoms. The molecule has 1 fully saturated rings. The maximum Gasteiger partial charge on any atom is 0.309 e. The summed E-state index contributed by atoms with van der Waals surface area (Å²) in [4.78, 5) is 37.3. The van der Waals surface area contributed by atoms with E-state index < -0.39 is 5.97 Å². The zero-order valence-electron chi connectivity index (χ0n) is 16.2. The van der Waals surface area contributed by atoms with Crippen LogP contribution < -0.4 is 4.74 Å². The average molecular weight is 375 g/mol. The lowest BCUT2D eigenvalue weighted by Gasteiger charge is -2.33. The topological polar surface area (TPSA) is 72.9 Å². The third-order valence-corrected chi connectivity index (χ3v) is 4.87. The van der Waals surface area contributed by atoms with Crippen LogP contribution in [0.1, 0.15) is 62.7 Å². The predicted octanol–water partition coefficient (Wildman–Crippen LogP) is 3.38. The number of hydrogen-bond acceptors (Lipinski definition) is 5. The zero-order valence-corrected chi connectivity index (χ0v) is 16.2. The Labute approximate surface area is 160 Å². The quantitative estimate of drug-likeness (QED) is 0.489. The molecule has 0 N–H and O–H groups in total. The van der Waals surface area contributed by atoms with Crippen LogP contribution in [-0.2, 0) is 14.3 Å². The highest BCUT2D eigenvalue weighted by Gasteiger charge is 2.24. The number of likely N-dealkylation sites (N-methyl/N-ethyl adjacent to an activating group) is 1.